The number of benzene rings is 1. The Kier molecular flexibility index (Phi) is 4.86. The van der Waals surface area contributed by atoms with Crippen LogP contribution in [0.25, 0.3) is 10.9 Å². The van der Waals surface area contributed by atoms with E-state index in [1.165, 1.54) is 29.4 Å². The van der Waals surface area contributed by atoms with Crippen molar-refractivity contribution in [2.45, 2.75) is 33.0 Å². The fourth-order valence-electron chi connectivity index (χ4n) is 3.80. The van der Waals surface area contributed by atoms with Crippen LogP contribution in [-0.2, 0) is 12.7 Å². The Morgan fingerprint density at radius 2 is 1.84 bits per heavy atom. The van der Waals surface area contributed by atoms with Gasteiger partial charge in [0, 0.05) is 26.2 Å². The first kappa shape index (κ1) is 17.9. The lowest BCUT2D eigenvalue weighted by Gasteiger charge is -2.34. The Balaban J connectivity index is 1.84. The summed E-state index contributed by atoms with van der Waals surface area (Å²) < 4.78 is 40.6. The number of hydrogen-bond donors (Lipinski definition) is 0. The maximum atomic E-state index is 13.1. The van der Waals surface area contributed by atoms with Gasteiger partial charge in [-0.25, -0.2) is 4.98 Å². The highest BCUT2D eigenvalue weighted by molar-refractivity contribution is 5.81. The summed E-state index contributed by atoms with van der Waals surface area (Å²) in [7, 11) is 0. The summed E-state index contributed by atoms with van der Waals surface area (Å²) >= 11 is 0. The molecule has 1 aromatic carbocycles. The highest BCUT2D eigenvalue weighted by Crippen LogP contribution is 2.32. The number of alkyl halides is 3. The van der Waals surface area contributed by atoms with Gasteiger partial charge in [-0.2, -0.15) is 13.2 Å². The molecule has 2 atom stereocenters. The van der Waals surface area contributed by atoms with Crippen LogP contribution in [0.2, 0.25) is 0 Å². The van der Waals surface area contributed by atoms with Gasteiger partial charge in [-0.1, -0.05) is 19.9 Å². The SMILES string of the molecule is CC1CC(C)CN(CCn2cnc3c(C(F)(F)F)cccc3c2=O)C1. The summed E-state index contributed by atoms with van der Waals surface area (Å²) in [5.41, 5.74) is -1.57. The quantitative estimate of drug-likeness (QED) is 0.849. The molecule has 4 nitrogen and oxygen atoms in total. The fraction of sp³-hybridized carbons (Fsp3) is 0.556. The van der Waals surface area contributed by atoms with E-state index in [0.717, 1.165) is 19.2 Å². The topological polar surface area (TPSA) is 38.1 Å². The van der Waals surface area contributed by atoms with E-state index < -0.39 is 17.3 Å². The summed E-state index contributed by atoms with van der Waals surface area (Å²) in [6.07, 6.45) is -2.09. The number of piperidine rings is 1. The molecule has 0 N–H and O–H groups in total. The van der Waals surface area contributed by atoms with Gasteiger partial charge in [-0.15, -0.1) is 0 Å². The number of halogens is 3. The number of para-hydroxylation sites is 1. The van der Waals surface area contributed by atoms with Gasteiger partial charge >= 0.3 is 6.18 Å². The molecule has 0 amide bonds. The maximum Gasteiger partial charge on any atom is 0.418 e. The number of nitrogens with zero attached hydrogens (tertiary/aromatic N) is 3. The van der Waals surface area contributed by atoms with Crippen molar-refractivity contribution >= 4 is 10.9 Å². The van der Waals surface area contributed by atoms with Crippen molar-refractivity contribution in [1.29, 1.82) is 0 Å². The second-order valence-electron chi connectivity index (χ2n) is 7.15. The molecular formula is C18H22F3N3O. The molecule has 3 rings (SSSR count). The maximum absolute atomic E-state index is 13.1. The summed E-state index contributed by atoms with van der Waals surface area (Å²) in [5.74, 6) is 1.23. The predicted molar refractivity (Wildman–Crippen MR) is 90.4 cm³/mol. The zero-order valence-corrected chi connectivity index (χ0v) is 14.4. The highest BCUT2D eigenvalue weighted by Gasteiger charge is 2.33. The molecular weight excluding hydrogens is 331 g/mol. The van der Waals surface area contributed by atoms with Gasteiger partial charge < -0.3 is 4.90 Å². The number of fused-ring (bicyclic) bond motifs is 1. The first-order chi connectivity index (χ1) is 11.8. The molecule has 7 heteroatoms. The molecule has 0 saturated carbocycles. The molecule has 2 heterocycles. The Hall–Kier alpha value is -1.89. The lowest BCUT2D eigenvalue weighted by atomic mass is 9.92. The monoisotopic (exact) mass is 353 g/mol. The normalized spacial score (nSPS) is 22.4. The number of rotatable bonds is 3. The number of hydrogen-bond acceptors (Lipinski definition) is 3. The lowest BCUT2D eigenvalue weighted by molar-refractivity contribution is -0.136. The molecule has 0 radical (unpaired) electrons. The van der Waals surface area contributed by atoms with Crippen LogP contribution < -0.4 is 5.56 Å². The van der Waals surface area contributed by atoms with Gasteiger partial charge in [-0.3, -0.25) is 9.36 Å². The number of likely N-dealkylation sites (tertiary alicyclic amines) is 1. The first-order valence-corrected chi connectivity index (χ1v) is 8.53. The third kappa shape index (κ3) is 3.86. The fourth-order valence-corrected chi connectivity index (χ4v) is 3.80. The van der Waals surface area contributed by atoms with E-state index in [1.54, 1.807) is 0 Å². The molecule has 136 valence electrons. The van der Waals surface area contributed by atoms with Crippen molar-refractivity contribution in [3.05, 3.63) is 40.4 Å². The Morgan fingerprint density at radius 1 is 1.16 bits per heavy atom. The number of aromatic nitrogens is 2. The zero-order chi connectivity index (χ0) is 18.2. The average molecular weight is 353 g/mol. The minimum absolute atomic E-state index is 0.0118. The van der Waals surface area contributed by atoms with E-state index in [4.69, 9.17) is 0 Å². The molecule has 1 aliphatic rings. The second-order valence-corrected chi connectivity index (χ2v) is 7.15. The summed E-state index contributed by atoms with van der Waals surface area (Å²) in [4.78, 5) is 18.8. The van der Waals surface area contributed by atoms with E-state index >= 15 is 0 Å². The van der Waals surface area contributed by atoms with Crippen molar-refractivity contribution in [2.24, 2.45) is 11.8 Å². The summed E-state index contributed by atoms with van der Waals surface area (Å²) in [6, 6.07) is 3.61. The van der Waals surface area contributed by atoms with Crippen molar-refractivity contribution in [3.8, 4) is 0 Å². The molecule has 0 bridgehead atoms. The first-order valence-electron chi connectivity index (χ1n) is 8.53. The van der Waals surface area contributed by atoms with Crippen LogP contribution in [0.4, 0.5) is 13.2 Å². The smallest absolute Gasteiger partial charge is 0.301 e. The minimum atomic E-state index is -4.52. The lowest BCUT2D eigenvalue weighted by Crippen LogP contribution is -2.41. The van der Waals surface area contributed by atoms with E-state index in [9.17, 15) is 18.0 Å². The van der Waals surface area contributed by atoms with Gasteiger partial charge in [0.05, 0.1) is 22.8 Å². The van der Waals surface area contributed by atoms with Crippen LogP contribution in [-0.4, -0.2) is 34.1 Å². The molecule has 25 heavy (non-hydrogen) atoms. The van der Waals surface area contributed by atoms with Crippen LogP contribution in [0.1, 0.15) is 25.8 Å². The van der Waals surface area contributed by atoms with Crippen molar-refractivity contribution in [2.75, 3.05) is 19.6 Å². The minimum Gasteiger partial charge on any atom is -0.301 e. The zero-order valence-electron chi connectivity index (χ0n) is 14.4. The molecule has 1 aromatic heterocycles. The van der Waals surface area contributed by atoms with Crippen molar-refractivity contribution in [3.63, 3.8) is 0 Å². The Bertz CT molecular complexity index is 805. The second kappa shape index (κ2) is 6.78. The van der Waals surface area contributed by atoms with E-state index in [-0.39, 0.29) is 10.9 Å². The third-order valence-corrected chi connectivity index (χ3v) is 4.76. The van der Waals surface area contributed by atoms with Crippen LogP contribution in [0.3, 0.4) is 0 Å². The van der Waals surface area contributed by atoms with Gasteiger partial charge in [-0.05, 0) is 30.4 Å². The van der Waals surface area contributed by atoms with Crippen LogP contribution >= 0.6 is 0 Å². The van der Waals surface area contributed by atoms with Gasteiger partial charge in [0.2, 0.25) is 0 Å². The van der Waals surface area contributed by atoms with Crippen molar-refractivity contribution in [1.82, 2.24) is 14.5 Å². The molecule has 1 saturated heterocycles. The highest BCUT2D eigenvalue weighted by atomic mass is 19.4. The summed E-state index contributed by atoms with van der Waals surface area (Å²) in [6.45, 7) is 7.52. The van der Waals surface area contributed by atoms with E-state index in [2.05, 4.69) is 23.7 Å². The standard InChI is InChI=1S/C18H22F3N3O/c1-12-8-13(2)10-23(9-12)6-7-24-11-22-16-14(17(24)25)4-3-5-15(16)18(19,20)21/h3-5,11-13H,6-10H2,1-2H3. The average Bonchev–Trinajstić information content (AvgIpc) is 2.52. The molecule has 2 aromatic rings. The van der Waals surface area contributed by atoms with E-state index in [1.807, 2.05) is 0 Å². The molecule has 0 spiro atoms. The van der Waals surface area contributed by atoms with Gasteiger partial charge in [0.1, 0.15) is 0 Å². The molecule has 1 fully saturated rings. The van der Waals surface area contributed by atoms with Crippen molar-refractivity contribution < 1.29 is 13.2 Å². The predicted octanol–water partition coefficient (Wildman–Crippen LogP) is 3.39. The van der Waals surface area contributed by atoms with Crippen LogP contribution in [0.5, 0.6) is 0 Å². The largest absolute Gasteiger partial charge is 0.418 e. The van der Waals surface area contributed by atoms with E-state index in [0.29, 0.717) is 24.9 Å². The Labute approximate surface area is 144 Å². The molecule has 0 aliphatic carbocycles. The van der Waals surface area contributed by atoms with Gasteiger partial charge in [0.15, 0.2) is 0 Å². The van der Waals surface area contributed by atoms with Crippen LogP contribution in [0, 0.1) is 11.8 Å². The van der Waals surface area contributed by atoms with Crippen LogP contribution in [0.15, 0.2) is 29.3 Å². The molecule has 2 unspecified atom stereocenters. The van der Waals surface area contributed by atoms with Gasteiger partial charge in [0.25, 0.3) is 5.56 Å². The summed E-state index contributed by atoms with van der Waals surface area (Å²) in [5, 5.41) is 0.0118. The Morgan fingerprint density at radius 3 is 2.48 bits per heavy atom. The molecule has 1 aliphatic heterocycles. The third-order valence-electron chi connectivity index (χ3n) is 4.76.